The number of Topliss-reactive ketones (excluding diaryl/α,β-unsaturated/α-hetero) is 1. The van der Waals surface area contributed by atoms with Gasteiger partial charge in [-0.2, -0.15) is 0 Å². The largest absolute Gasteiger partial charge is 1.00 e. The summed E-state index contributed by atoms with van der Waals surface area (Å²) in [6.45, 7) is -0.314. The van der Waals surface area contributed by atoms with Crippen molar-refractivity contribution < 1.29 is 89.1 Å². The standard InChI is InChI=1S/C25H18F3NO5.K/c26-25(27,28)34-18-9-6-16(7-10-18)17-8-11-20-19(12-17)22(23(31)24(32)33)21(14-30)29(20)13-15-4-2-1-3-5-15;/h1-12,30H,13-14H2,(H,32,33);/q;+1/p-1. The molecule has 0 amide bonds. The molecule has 0 atom stereocenters. The predicted molar refractivity (Wildman–Crippen MR) is 115 cm³/mol. The smallest absolute Gasteiger partial charge is 0.541 e. The van der Waals surface area contributed by atoms with Gasteiger partial charge in [-0.05, 0) is 41.0 Å². The molecule has 1 N–H and O–H groups in total. The van der Waals surface area contributed by atoms with Crippen LogP contribution in [0.4, 0.5) is 13.2 Å². The zero-order valence-corrected chi connectivity index (χ0v) is 21.6. The van der Waals surface area contributed by atoms with E-state index in [0.717, 1.165) is 17.7 Å². The summed E-state index contributed by atoms with van der Waals surface area (Å²) in [6, 6.07) is 19.3. The second-order valence-corrected chi connectivity index (χ2v) is 7.47. The number of aromatic nitrogens is 1. The molecule has 0 fully saturated rings. The number of benzene rings is 3. The molecule has 4 aromatic rings. The van der Waals surface area contributed by atoms with Crippen molar-refractivity contribution >= 4 is 22.7 Å². The summed E-state index contributed by atoms with van der Waals surface area (Å²) in [5.41, 5.74) is 2.36. The van der Waals surface area contributed by atoms with E-state index in [2.05, 4.69) is 4.74 Å². The maximum absolute atomic E-state index is 12.5. The summed E-state index contributed by atoms with van der Waals surface area (Å²) in [5.74, 6) is -3.57. The van der Waals surface area contributed by atoms with Crippen LogP contribution in [0.25, 0.3) is 22.0 Å². The number of aliphatic hydroxyl groups excluding tert-OH is 1. The van der Waals surface area contributed by atoms with Crippen LogP contribution in [0.15, 0.2) is 72.8 Å². The van der Waals surface area contributed by atoms with Crippen molar-refractivity contribution in [2.24, 2.45) is 0 Å². The number of nitrogens with zero attached hydrogens (tertiary/aromatic N) is 1. The average Bonchev–Trinajstić information content (AvgIpc) is 3.11. The number of carbonyl (C=O) groups excluding carboxylic acids is 2. The minimum absolute atomic E-state index is 0. The van der Waals surface area contributed by atoms with Crippen LogP contribution in [0, 0.1) is 0 Å². The minimum atomic E-state index is -4.82. The number of carboxylic acids is 1. The second kappa shape index (κ2) is 11.1. The van der Waals surface area contributed by atoms with Gasteiger partial charge in [-0.15, -0.1) is 13.2 Å². The number of hydrogen-bond donors (Lipinski definition) is 1. The van der Waals surface area contributed by atoms with Gasteiger partial charge in [0.2, 0.25) is 5.78 Å². The Kier molecular flexibility index (Phi) is 8.57. The fourth-order valence-electron chi connectivity index (χ4n) is 3.90. The molecule has 3 aromatic carbocycles. The van der Waals surface area contributed by atoms with Gasteiger partial charge in [0, 0.05) is 17.4 Å². The monoisotopic (exact) mass is 507 g/mol. The molecular formula is C25H17F3KNO5. The van der Waals surface area contributed by atoms with Crippen LogP contribution in [0.1, 0.15) is 21.6 Å². The van der Waals surface area contributed by atoms with E-state index in [1.165, 1.54) is 12.1 Å². The van der Waals surface area contributed by atoms with Crippen LogP contribution in [-0.2, 0) is 17.9 Å². The molecule has 0 aliphatic heterocycles. The van der Waals surface area contributed by atoms with Crippen LogP contribution in [0.2, 0.25) is 0 Å². The molecule has 0 radical (unpaired) electrons. The number of halogens is 3. The molecule has 174 valence electrons. The number of carbonyl (C=O) groups is 2. The van der Waals surface area contributed by atoms with Gasteiger partial charge in [0.25, 0.3) is 0 Å². The van der Waals surface area contributed by atoms with Crippen molar-refractivity contribution in [1.29, 1.82) is 0 Å². The Morgan fingerprint density at radius 2 is 1.57 bits per heavy atom. The Hall–Kier alpha value is -2.47. The van der Waals surface area contributed by atoms with E-state index >= 15 is 0 Å². The molecule has 0 bridgehead atoms. The van der Waals surface area contributed by atoms with Gasteiger partial charge in [-0.3, -0.25) is 4.79 Å². The Bertz CT molecular complexity index is 1370. The molecule has 0 aliphatic rings. The van der Waals surface area contributed by atoms with Crippen LogP contribution in [0.3, 0.4) is 0 Å². The van der Waals surface area contributed by atoms with Gasteiger partial charge < -0.3 is 24.3 Å². The number of carboxylic acid groups (broad SMARTS) is 1. The average molecular weight is 508 g/mol. The summed E-state index contributed by atoms with van der Waals surface area (Å²) < 4.78 is 42.8. The number of aliphatic hydroxyl groups is 1. The number of rotatable bonds is 7. The van der Waals surface area contributed by atoms with Crippen molar-refractivity contribution in [3.63, 3.8) is 0 Å². The molecule has 4 rings (SSSR count). The van der Waals surface area contributed by atoms with Gasteiger partial charge in [0.15, 0.2) is 0 Å². The first-order chi connectivity index (χ1) is 16.2. The van der Waals surface area contributed by atoms with Gasteiger partial charge in [0.05, 0.1) is 17.9 Å². The number of alkyl halides is 3. The van der Waals surface area contributed by atoms with Gasteiger partial charge in [0.1, 0.15) is 11.7 Å². The van der Waals surface area contributed by atoms with E-state index < -0.39 is 24.7 Å². The molecule has 6 nitrogen and oxygen atoms in total. The molecule has 0 saturated heterocycles. The third-order valence-corrected chi connectivity index (χ3v) is 5.34. The zero-order valence-electron chi connectivity index (χ0n) is 18.5. The Balaban J connectivity index is 0.00000342. The molecule has 0 spiro atoms. The van der Waals surface area contributed by atoms with E-state index in [1.807, 2.05) is 30.3 Å². The van der Waals surface area contributed by atoms with Crippen molar-refractivity contribution in [2.75, 3.05) is 0 Å². The second-order valence-electron chi connectivity index (χ2n) is 7.47. The SMILES string of the molecule is O=C([O-])C(=O)c1c(CO)n(Cc2ccccc2)c2ccc(-c3ccc(OC(F)(F)F)cc3)cc12.[K+]. The van der Waals surface area contributed by atoms with Crippen molar-refractivity contribution in [2.45, 2.75) is 19.5 Å². The topological polar surface area (TPSA) is 91.6 Å². The molecule has 1 heterocycles. The Morgan fingerprint density at radius 3 is 2.14 bits per heavy atom. The van der Waals surface area contributed by atoms with Gasteiger partial charge in [-0.25, -0.2) is 0 Å². The number of hydrogen-bond acceptors (Lipinski definition) is 5. The van der Waals surface area contributed by atoms with Crippen LogP contribution < -0.4 is 61.2 Å². The molecule has 1 aromatic heterocycles. The van der Waals surface area contributed by atoms with E-state index in [0.29, 0.717) is 16.6 Å². The summed E-state index contributed by atoms with van der Waals surface area (Å²) >= 11 is 0. The summed E-state index contributed by atoms with van der Waals surface area (Å²) in [6.07, 6.45) is -4.82. The van der Waals surface area contributed by atoms with E-state index in [4.69, 9.17) is 0 Å². The maximum Gasteiger partial charge on any atom is 1.00 e. The predicted octanol–water partition coefficient (Wildman–Crippen LogP) is 0.684. The first-order valence-corrected chi connectivity index (χ1v) is 10.1. The van der Waals surface area contributed by atoms with Crippen LogP contribution in [-0.4, -0.2) is 27.8 Å². The molecule has 0 saturated carbocycles. The van der Waals surface area contributed by atoms with E-state index in [-0.39, 0.29) is 80.3 Å². The first-order valence-electron chi connectivity index (χ1n) is 10.1. The molecule has 35 heavy (non-hydrogen) atoms. The summed E-state index contributed by atoms with van der Waals surface area (Å²) in [7, 11) is 0. The van der Waals surface area contributed by atoms with Gasteiger partial charge in [-0.1, -0.05) is 48.5 Å². The van der Waals surface area contributed by atoms with Gasteiger partial charge >= 0.3 is 57.7 Å². The Morgan fingerprint density at radius 1 is 0.943 bits per heavy atom. The normalized spacial score (nSPS) is 11.2. The minimum Gasteiger partial charge on any atom is -0.541 e. The fourth-order valence-corrected chi connectivity index (χ4v) is 3.90. The Labute approximate surface area is 240 Å². The fraction of sp³-hybridized carbons (Fsp3) is 0.120. The van der Waals surface area contributed by atoms with Crippen LogP contribution in [0.5, 0.6) is 5.75 Å². The molecule has 0 unspecified atom stereocenters. The number of ketones is 1. The summed E-state index contributed by atoms with van der Waals surface area (Å²) in [5, 5.41) is 21.7. The quantitative estimate of drug-likeness (QED) is 0.226. The molecular weight excluding hydrogens is 490 g/mol. The summed E-state index contributed by atoms with van der Waals surface area (Å²) in [4.78, 5) is 23.9. The third-order valence-electron chi connectivity index (χ3n) is 5.34. The first kappa shape index (κ1) is 27.1. The van der Waals surface area contributed by atoms with Crippen molar-refractivity contribution in [3.8, 4) is 16.9 Å². The third kappa shape index (κ3) is 6.03. The van der Waals surface area contributed by atoms with E-state index in [9.17, 15) is 33.0 Å². The molecule has 10 heteroatoms. The number of ether oxygens (including phenoxy) is 1. The maximum atomic E-state index is 12.5. The zero-order chi connectivity index (χ0) is 24.5. The van der Waals surface area contributed by atoms with Crippen molar-refractivity contribution in [1.82, 2.24) is 4.57 Å². The molecule has 0 aliphatic carbocycles. The van der Waals surface area contributed by atoms with Crippen molar-refractivity contribution in [3.05, 3.63) is 89.6 Å². The number of aliphatic carboxylic acids is 1. The van der Waals surface area contributed by atoms with Crippen LogP contribution >= 0.6 is 0 Å². The van der Waals surface area contributed by atoms with E-state index in [1.54, 1.807) is 22.8 Å². The number of fused-ring (bicyclic) bond motifs is 1.